The van der Waals surface area contributed by atoms with Gasteiger partial charge in [-0.15, -0.1) is 0 Å². The lowest BCUT2D eigenvalue weighted by Gasteiger charge is -2.32. The third-order valence-corrected chi connectivity index (χ3v) is 11.8. The summed E-state index contributed by atoms with van der Waals surface area (Å²) in [5.41, 5.74) is 3.95. The van der Waals surface area contributed by atoms with Crippen molar-refractivity contribution in [1.29, 1.82) is 0 Å². The lowest BCUT2D eigenvalue weighted by atomic mass is 9.94. The van der Waals surface area contributed by atoms with Gasteiger partial charge in [-0.3, -0.25) is 43.6 Å². The number of anilines is 2. The fraction of sp³-hybridized carbons (Fsp3) is 0.286. The first-order valence-corrected chi connectivity index (χ1v) is 22.4. The predicted molar refractivity (Wildman–Crippen MR) is 251 cm³/mol. The molecule has 0 radical (unpaired) electrons. The summed E-state index contributed by atoms with van der Waals surface area (Å²) in [6, 6.07) is 18.1. The zero-order chi connectivity index (χ0) is 49.5. The van der Waals surface area contributed by atoms with Crippen LogP contribution in [-0.4, -0.2) is 134 Å². The van der Waals surface area contributed by atoms with Gasteiger partial charge in [-0.05, 0) is 55.0 Å². The van der Waals surface area contributed by atoms with E-state index in [1.54, 1.807) is 48.7 Å². The van der Waals surface area contributed by atoms with Crippen LogP contribution in [0.1, 0.15) is 60.6 Å². The summed E-state index contributed by atoms with van der Waals surface area (Å²) in [5, 5.41) is 9.07. The van der Waals surface area contributed by atoms with E-state index in [2.05, 4.69) is 20.9 Å². The van der Waals surface area contributed by atoms with Crippen LogP contribution in [-0.2, 0) is 30.4 Å². The molecule has 1 fully saturated rings. The number of methoxy groups -OCH3 is 2. The Bertz CT molecular complexity index is 2930. The number of hydrogen-bond donors (Lipinski definition) is 3. The van der Waals surface area contributed by atoms with E-state index in [0.29, 0.717) is 50.3 Å². The van der Waals surface area contributed by atoms with Gasteiger partial charge in [0.25, 0.3) is 29.5 Å². The second-order valence-corrected chi connectivity index (χ2v) is 16.3. The van der Waals surface area contributed by atoms with Crippen LogP contribution in [0.15, 0.2) is 84.0 Å². The van der Waals surface area contributed by atoms with Crippen LogP contribution in [0.4, 0.5) is 16.0 Å². The molecule has 0 spiro atoms. The Balaban J connectivity index is 0.753. The molecule has 3 aliphatic rings. The molecule has 5 aromatic rings. The van der Waals surface area contributed by atoms with Crippen molar-refractivity contribution in [1.82, 2.24) is 30.4 Å². The summed E-state index contributed by atoms with van der Waals surface area (Å²) in [7, 11) is 4.23. The summed E-state index contributed by atoms with van der Waals surface area (Å²) in [5.74, 6) is -2.92. The molecule has 362 valence electrons. The van der Waals surface area contributed by atoms with Crippen molar-refractivity contribution >= 4 is 64.4 Å². The molecule has 70 heavy (non-hydrogen) atoms. The lowest BCUT2D eigenvalue weighted by molar-refractivity contribution is -0.149. The van der Waals surface area contributed by atoms with Crippen LogP contribution in [0.2, 0.25) is 5.02 Å². The number of rotatable bonds is 19. The van der Waals surface area contributed by atoms with E-state index < -0.39 is 48.0 Å². The number of carbonyl (C=O) groups is 6. The molecule has 3 aliphatic heterocycles. The van der Waals surface area contributed by atoms with Gasteiger partial charge >= 0.3 is 0 Å². The minimum absolute atomic E-state index is 0.0126. The van der Waals surface area contributed by atoms with Crippen LogP contribution in [0.3, 0.4) is 0 Å². The number of halogens is 2. The summed E-state index contributed by atoms with van der Waals surface area (Å²) >= 11 is 6.44. The topological polar surface area (TPSA) is 229 Å². The highest BCUT2D eigenvalue weighted by Gasteiger charge is 2.47. The molecule has 8 rings (SSSR count). The Labute approximate surface area is 405 Å². The number of piperidine rings is 1. The predicted octanol–water partition coefficient (Wildman–Crippen LogP) is 4.75. The quantitative estimate of drug-likeness (QED) is 0.0750. The summed E-state index contributed by atoms with van der Waals surface area (Å²) in [6.45, 7) is 0.852. The first-order chi connectivity index (χ1) is 33.9. The highest BCUT2D eigenvalue weighted by Crippen LogP contribution is 2.37. The maximum absolute atomic E-state index is 15.3. The number of aliphatic imine (C=N–C) groups is 1. The van der Waals surface area contributed by atoms with Crippen molar-refractivity contribution in [2.45, 2.75) is 25.4 Å². The molecule has 0 aliphatic carbocycles. The van der Waals surface area contributed by atoms with Gasteiger partial charge in [0.2, 0.25) is 11.9 Å². The van der Waals surface area contributed by atoms with Crippen LogP contribution >= 0.6 is 11.6 Å². The van der Waals surface area contributed by atoms with Crippen LogP contribution in [0, 0.1) is 5.82 Å². The number of benzene rings is 4. The number of aromatic nitrogens is 2. The number of ether oxygens (including phenoxy) is 5. The van der Waals surface area contributed by atoms with E-state index in [1.807, 2.05) is 6.07 Å². The number of imide groups is 2. The highest BCUT2D eigenvalue weighted by atomic mass is 35.5. The van der Waals surface area contributed by atoms with E-state index in [1.165, 1.54) is 45.5 Å². The van der Waals surface area contributed by atoms with Crippen molar-refractivity contribution in [2.24, 2.45) is 4.99 Å². The maximum Gasteiger partial charge on any atom is 0.266 e. The van der Waals surface area contributed by atoms with Gasteiger partial charge in [0.05, 0.1) is 80.9 Å². The zero-order valence-corrected chi connectivity index (χ0v) is 38.9. The molecular weight excluding hydrogens is 931 g/mol. The molecule has 1 aromatic heterocycles. The molecular formula is C49H46ClFN8O11. The molecule has 1 saturated heterocycles. The molecule has 0 bridgehead atoms. The molecule has 3 N–H and O–H groups in total. The van der Waals surface area contributed by atoms with Crippen molar-refractivity contribution in [3.05, 3.63) is 123 Å². The van der Waals surface area contributed by atoms with Crippen LogP contribution in [0.5, 0.6) is 17.2 Å². The molecule has 1 atom stereocenters. The SMILES string of the molecule is COc1cc(Nc2ncc3c(n2)-c2ccc(Cl)cc2C(c2c(F)cccc2OC)=NC3)ccc1C(=O)NCCOCCOCCNC(=O)COc1cccc2c1C(=O)N(C1CCC(=O)N(C)C1=O)C2=O. The average Bonchev–Trinajstić information content (AvgIpc) is 3.51. The molecule has 1 unspecified atom stereocenters. The highest BCUT2D eigenvalue weighted by molar-refractivity contribution is 6.32. The van der Waals surface area contributed by atoms with Crippen LogP contribution < -0.4 is 30.2 Å². The van der Waals surface area contributed by atoms with Gasteiger partial charge in [-0.25, -0.2) is 14.4 Å². The monoisotopic (exact) mass is 976 g/mol. The van der Waals surface area contributed by atoms with E-state index in [9.17, 15) is 28.8 Å². The second-order valence-electron chi connectivity index (χ2n) is 15.9. The largest absolute Gasteiger partial charge is 0.496 e. The number of nitrogens with one attached hydrogen (secondary N) is 3. The molecule has 0 saturated carbocycles. The molecule has 6 amide bonds. The van der Waals surface area contributed by atoms with E-state index in [4.69, 9.17) is 45.3 Å². The van der Waals surface area contributed by atoms with Gasteiger partial charge in [-0.1, -0.05) is 29.8 Å². The number of fused-ring (bicyclic) bond motifs is 4. The Morgan fingerprint density at radius 2 is 1.56 bits per heavy atom. The second kappa shape index (κ2) is 21.6. The third-order valence-electron chi connectivity index (χ3n) is 11.6. The van der Waals surface area contributed by atoms with E-state index in [-0.39, 0.29) is 98.8 Å². The first kappa shape index (κ1) is 48.6. The Kier molecular flexibility index (Phi) is 15.0. The lowest BCUT2D eigenvalue weighted by Crippen LogP contribution is -2.54. The van der Waals surface area contributed by atoms with Gasteiger partial charge in [0, 0.05) is 66.2 Å². The van der Waals surface area contributed by atoms with E-state index >= 15 is 4.39 Å². The summed E-state index contributed by atoms with van der Waals surface area (Å²) in [6.07, 6.45) is 1.69. The fourth-order valence-electron chi connectivity index (χ4n) is 8.11. The van der Waals surface area contributed by atoms with E-state index in [0.717, 1.165) is 9.80 Å². The average molecular weight is 977 g/mol. The van der Waals surface area contributed by atoms with Crippen molar-refractivity contribution in [3.8, 4) is 28.5 Å². The summed E-state index contributed by atoms with van der Waals surface area (Å²) in [4.78, 5) is 92.7. The van der Waals surface area contributed by atoms with Gasteiger partial charge in [0.15, 0.2) is 6.61 Å². The van der Waals surface area contributed by atoms with Gasteiger partial charge in [0.1, 0.15) is 29.1 Å². The number of likely N-dealkylation sites (tertiary alicyclic amines) is 1. The fourth-order valence-corrected chi connectivity index (χ4v) is 8.28. The number of likely N-dealkylation sites (N-methyl/N-ethyl adjacent to an activating group) is 1. The van der Waals surface area contributed by atoms with Crippen LogP contribution in [0.25, 0.3) is 11.3 Å². The Hall–Kier alpha value is -7.81. The first-order valence-electron chi connectivity index (χ1n) is 22.0. The maximum atomic E-state index is 15.3. The number of nitrogens with zero attached hydrogens (tertiary/aromatic N) is 5. The molecule has 19 nitrogen and oxygen atoms in total. The van der Waals surface area contributed by atoms with Crippen molar-refractivity contribution < 1.29 is 56.8 Å². The molecule has 21 heteroatoms. The number of amides is 6. The Morgan fingerprint density at radius 1 is 0.814 bits per heavy atom. The molecule has 4 heterocycles. The minimum Gasteiger partial charge on any atom is -0.496 e. The number of carbonyl (C=O) groups excluding carboxylic acids is 6. The van der Waals surface area contributed by atoms with Gasteiger partial charge in [-0.2, -0.15) is 0 Å². The molecule has 4 aromatic carbocycles. The smallest absolute Gasteiger partial charge is 0.266 e. The van der Waals surface area contributed by atoms with Crippen molar-refractivity contribution in [2.75, 3.05) is 72.7 Å². The standard InChI is InChI=1S/C49H46ClFN8O11/c1-58-40(61)15-14-35(47(58)64)59-46(63)32-6-4-9-37(41(32)48(59)65)70-26-39(60)52-16-18-68-20-21-69-19-17-53-45(62)31-13-11-29(23-38(31)67-3)56-49-55-25-27-24-54-44(42-34(51)7-5-8-36(42)66-2)33-22-28(50)10-12-30(33)43(27)57-49/h4-13,22-23,25,35H,14-21,24,26H2,1-3H3,(H,52,60)(H,53,62)(H,55,56,57). The zero-order valence-electron chi connectivity index (χ0n) is 38.1. The normalized spacial score (nSPS) is 15.1. The Morgan fingerprint density at radius 3 is 2.33 bits per heavy atom. The van der Waals surface area contributed by atoms with Crippen molar-refractivity contribution in [3.63, 3.8) is 0 Å². The number of hydrogen-bond acceptors (Lipinski definition) is 15. The minimum atomic E-state index is -1.12. The summed E-state index contributed by atoms with van der Waals surface area (Å²) < 4.78 is 43.1. The van der Waals surface area contributed by atoms with Gasteiger partial charge < -0.3 is 39.6 Å². The third kappa shape index (κ3) is 10.3.